The number of hydrogen-bond donors (Lipinski definition) is 2. The summed E-state index contributed by atoms with van der Waals surface area (Å²) in [5.74, 6) is -5.63. The van der Waals surface area contributed by atoms with Crippen LogP contribution in [0.5, 0.6) is 5.75 Å². The van der Waals surface area contributed by atoms with E-state index in [2.05, 4.69) is 5.32 Å². The van der Waals surface area contributed by atoms with E-state index in [0.717, 1.165) is 12.1 Å². The third-order valence-electron chi connectivity index (χ3n) is 3.55. The molecule has 1 aromatic carbocycles. The maximum Gasteiger partial charge on any atom is 0.335 e. The van der Waals surface area contributed by atoms with Crippen molar-refractivity contribution >= 4 is 23.5 Å². The maximum absolute atomic E-state index is 12.2. The predicted molar refractivity (Wildman–Crippen MR) is 71.8 cm³/mol. The average molecular weight is 303 g/mol. The molecule has 1 aliphatic rings. The summed E-state index contributed by atoms with van der Waals surface area (Å²) >= 11 is 0. The highest BCUT2D eigenvalue weighted by Crippen LogP contribution is 2.27. The van der Waals surface area contributed by atoms with Crippen LogP contribution in [0.1, 0.15) is 23.2 Å². The number of nitrogens with one attached hydrogen (secondary N) is 1. The van der Waals surface area contributed by atoms with Gasteiger partial charge < -0.3 is 25.4 Å². The van der Waals surface area contributed by atoms with E-state index >= 15 is 0 Å². The van der Waals surface area contributed by atoms with Crippen LogP contribution in [0.4, 0.5) is 5.69 Å². The van der Waals surface area contributed by atoms with Gasteiger partial charge >= 0.3 is 5.97 Å². The molecule has 0 aliphatic heterocycles. The minimum atomic E-state index is -1.39. The number of amides is 1. The number of carbonyl (C=O) groups excluding carboxylic acids is 2. The van der Waals surface area contributed by atoms with Crippen molar-refractivity contribution in [3.8, 4) is 5.75 Å². The van der Waals surface area contributed by atoms with Gasteiger partial charge in [0.2, 0.25) is 5.91 Å². The summed E-state index contributed by atoms with van der Waals surface area (Å²) < 4.78 is 0. The van der Waals surface area contributed by atoms with Crippen LogP contribution in [-0.4, -0.2) is 23.0 Å². The molecule has 1 aromatic rings. The predicted octanol–water partition coefficient (Wildman–Crippen LogP) is -0.271. The third kappa shape index (κ3) is 3.25. The van der Waals surface area contributed by atoms with Crippen molar-refractivity contribution in [2.24, 2.45) is 11.8 Å². The Kier molecular flexibility index (Phi) is 4.45. The number of hydrogen-bond acceptors (Lipinski definition) is 5. The molecular weight excluding hydrogens is 290 g/mol. The second-order valence-electron chi connectivity index (χ2n) is 4.98. The SMILES string of the molecule is O=C(O)c1cc(NC(=O)[C@H]2CC=CC[C@@H]2C(=O)[O-])ccc1[O-]. The topological polar surface area (TPSA) is 130 Å². The summed E-state index contributed by atoms with van der Waals surface area (Å²) in [4.78, 5) is 34.1. The number of aromatic carboxylic acids is 1. The molecule has 7 nitrogen and oxygen atoms in total. The number of rotatable bonds is 4. The van der Waals surface area contributed by atoms with Crippen LogP contribution in [0.15, 0.2) is 30.4 Å². The molecule has 0 aromatic heterocycles. The number of carboxylic acid groups (broad SMARTS) is 2. The van der Waals surface area contributed by atoms with Crippen molar-refractivity contribution in [1.29, 1.82) is 0 Å². The summed E-state index contributed by atoms with van der Waals surface area (Å²) in [6.07, 6.45) is 3.86. The molecule has 22 heavy (non-hydrogen) atoms. The van der Waals surface area contributed by atoms with Crippen molar-refractivity contribution in [3.05, 3.63) is 35.9 Å². The first kappa shape index (κ1) is 15.6. The summed E-state index contributed by atoms with van der Waals surface area (Å²) in [7, 11) is 0. The van der Waals surface area contributed by atoms with Gasteiger partial charge in [0.05, 0.1) is 11.5 Å². The van der Waals surface area contributed by atoms with Crippen LogP contribution in [0.3, 0.4) is 0 Å². The van der Waals surface area contributed by atoms with Crippen molar-refractivity contribution in [1.82, 2.24) is 0 Å². The fraction of sp³-hybridized carbons (Fsp3) is 0.267. The van der Waals surface area contributed by atoms with E-state index in [9.17, 15) is 24.6 Å². The molecular formula is C15H13NO6-2. The molecule has 2 N–H and O–H groups in total. The summed E-state index contributed by atoms with van der Waals surface area (Å²) in [5, 5.41) is 33.8. The smallest absolute Gasteiger partial charge is 0.335 e. The van der Waals surface area contributed by atoms with E-state index in [1.807, 2.05) is 0 Å². The number of allylic oxidation sites excluding steroid dienone is 2. The average Bonchev–Trinajstić information content (AvgIpc) is 2.48. The molecule has 1 aliphatic carbocycles. The molecule has 1 amide bonds. The monoisotopic (exact) mass is 303 g/mol. The largest absolute Gasteiger partial charge is 0.872 e. The summed E-state index contributed by atoms with van der Waals surface area (Å²) in [6, 6.07) is 3.37. The van der Waals surface area contributed by atoms with Gasteiger partial charge in [-0.2, -0.15) is 0 Å². The van der Waals surface area contributed by atoms with E-state index in [-0.39, 0.29) is 18.5 Å². The fourth-order valence-corrected chi connectivity index (χ4v) is 2.37. The molecule has 2 atom stereocenters. The molecule has 0 heterocycles. The Morgan fingerprint density at radius 3 is 2.36 bits per heavy atom. The standard InChI is InChI=1S/C15H15NO6/c17-12-6-5-8(7-11(12)15(21)22)16-13(18)9-3-1-2-4-10(9)14(19)20/h1-2,5-7,9-10,17H,3-4H2,(H,16,18)(H,19,20)(H,21,22)/p-2/t9-,10-/m0/s1. The number of benzene rings is 1. The molecule has 0 saturated carbocycles. The molecule has 0 spiro atoms. The van der Waals surface area contributed by atoms with E-state index < -0.39 is 41.0 Å². The number of aliphatic carboxylic acids is 1. The molecule has 0 saturated heterocycles. The first-order valence-electron chi connectivity index (χ1n) is 6.61. The van der Waals surface area contributed by atoms with Crippen LogP contribution < -0.4 is 15.5 Å². The van der Waals surface area contributed by atoms with Gasteiger partial charge in [-0.15, -0.1) is 0 Å². The first-order valence-corrected chi connectivity index (χ1v) is 6.61. The summed E-state index contributed by atoms with van der Waals surface area (Å²) in [6.45, 7) is 0. The normalized spacial score (nSPS) is 20.4. The number of carbonyl (C=O) groups is 3. The maximum atomic E-state index is 12.2. The van der Waals surface area contributed by atoms with Crippen LogP contribution >= 0.6 is 0 Å². The Hall–Kier alpha value is -2.83. The van der Waals surface area contributed by atoms with Crippen LogP contribution in [0, 0.1) is 11.8 Å². The molecule has 7 heteroatoms. The van der Waals surface area contributed by atoms with E-state index in [1.165, 1.54) is 6.07 Å². The minimum absolute atomic E-state index is 0.133. The Labute approximate surface area is 125 Å². The zero-order chi connectivity index (χ0) is 16.3. The highest BCUT2D eigenvalue weighted by atomic mass is 16.4. The van der Waals surface area contributed by atoms with Gasteiger partial charge in [0.1, 0.15) is 0 Å². The van der Waals surface area contributed by atoms with Crippen molar-refractivity contribution in [3.63, 3.8) is 0 Å². The molecule has 0 radical (unpaired) electrons. The lowest BCUT2D eigenvalue weighted by molar-refractivity contribution is -0.313. The molecule has 0 fully saturated rings. The molecule has 0 bridgehead atoms. The molecule has 116 valence electrons. The molecule has 0 unspecified atom stereocenters. The zero-order valence-corrected chi connectivity index (χ0v) is 11.4. The number of anilines is 1. The second kappa shape index (κ2) is 6.30. The Morgan fingerprint density at radius 1 is 1.14 bits per heavy atom. The highest BCUT2D eigenvalue weighted by Gasteiger charge is 2.29. The van der Waals surface area contributed by atoms with Crippen molar-refractivity contribution < 1.29 is 29.7 Å². The molecule has 2 rings (SSSR count). The highest BCUT2D eigenvalue weighted by molar-refractivity contribution is 5.97. The van der Waals surface area contributed by atoms with Crippen molar-refractivity contribution in [2.75, 3.05) is 5.32 Å². The van der Waals surface area contributed by atoms with Gasteiger partial charge in [-0.1, -0.05) is 24.0 Å². The van der Waals surface area contributed by atoms with Gasteiger partial charge in [-0.25, -0.2) is 4.79 Å². The second-order valence-corrected chi connectivity index (χ2v) is 4.98. The van der Waals surface area contributed by atoms with E-state index in [1.54, 1.807) is 12.2 Å². The van der Waals surface area contributed by atoms with Gasteiger partial charge in [0, 0.05) is 17.6 Å². The minimum Gasteiger partial charge on any atom is -0.872 e. The van der Waals surface area contributed by atoms with Crippen LogP contribution in [-0.2, 0) is 9.59 Å². The lowest BCUT2D eigenvalue weighted by Gasteiger charge is -2.28. The Morgan fingerprint density at radius 2 is 1.77 bits per heavy atom. The third-order valence-corrected chi connectivity index (χ3v) is 3.55. The quantitative estimate of drug-likeness (QED) is 0.736. The Bertz CT molecular complexity index is 651. The van der Waals surface area contributed by atoms with Crippen LogP contribution in [0.25, 0.3) is 0 Å². The van der Waals surface area contributed by atoms with Crippen LogP contribution in [0.2, 0.25) is 0 Å². The van der Waals surface area contributed by atoms with Gasteiger partial charge in [-0.05, 0) is 25.0 Å². The van der Waals surface area contributed by atoms with E-state index in [4.69, 9.17) is 5.11 Å². The summed E-state index contributed by atoms with van der Waals surface area (Å²) in [5.41, 5.74) is -0.327. The van der Waals surface area contributed by atoms with Gasteiger partial charge in [0.25, 0.3) is 0 Å². The first-order chi connectivity index (χ1) is 10.4. The number of carboxylic acids is 2. The zero-order valence-electron chi connectivity index (χ0n) is 11.4. The van der Waals surface area contributed by atoms with Gasteiger partial charge in [-0.3, -0.25) is 4.79 Å². The lowest BCUT2D eigenvalue weighted by Crippen LogP contribution is -2.41. The van der Waals surface area contributed by atoms with Crippen molar-refractivity contribution in [2.45, 2.75) is 12.8 Å². The van der Waals surface area contributed by atoms with E-state index in [0.29, 0.717) is 0 Å². The Balaban J connectivity index is 2.18. The fourth-order valence-electron chi connectivity index (χ4n) is 2.37. The van der Waals surface area contributed by atoms with Gasteiger partial charge in [0.15, 0.2) is 0 Å². The lowest BCUT2D eigenvalue weighted by atomic mass is 9.82.